The molecule has 7 atom stereocenters. The number of rotatable bonds is 2. The van der Waals surface area contributed by atoms with Crippen molar-refractivity contribution in [3.63, 3.8) is 0 Å². The Morgan fingerprint density at radius 2 is 2.03 bits per heavy atom. The summed E-state index contributed by atoms with van der Waals surface area (Å²) in [7, 11) is 0. The molecule has 11 heteroatoms. The Morgan fingerprint density at radius 1 is 1.34 bits per heavy atom. The minimum atomic E-state index is -1.35. The predicted octanol–water partition coefficient (Wildman–Crippen LogP) is 3.12. The fourth-order valence-electron chi connectivity index (χ4n) is 4.27. The van der Waals surface area contributed by atoms with Crippen LogP contribution in [0.5, 0.6) is 0 Å². The van der Waals surface area contributed by atoms with Gasteiger partial charge in [0.2, 0.25) is 5.91 Å². The molecule has 8 nitrogen and oxygen atoms in total. The molecule has 2 aliphatic rings. The number of epoxide rings is 1. The van der Waals surface area contributed by atoms with E-state index in [1.165, 1.54) is 31.3 Å². The molecule has 35 heavy (non-hydrogen) atoms. The number of carbonyl (C=O) groups is 2. The van der Waals surface area contributed by atoms with Gasteiger partial charge in [0.15, 0.2) is 5.06 Å². The van der Waals surface area contributed by atoms with Crippen LogP contribution in [0.1, 0.15) is 57.7 Å². The van der Waals surface area contributed by atoms with Crippen molar-refractivity contribution < 1.29 is 33.7 Å². The zero-order valence-corrected chi connectivity index (χ0v) is 22.2. The van der Waals surface area contributed by atoms with Crippen LogP contribution in [0.15, 0.2) is 11.2 Å². The predicted molar refractivity (Wildman–Crippen MR) is 131 cm³/mol. The third kappa shape index (κ3) is 6.67. The van der Waals surface area contributed by atoms with Gasteiger partial charge in [0.25, 0.3) is 0 Å². The lowest BCUT2D eigenvalue weighted by molar-refractivity contribution is -0.146. The van der Waals surface area contributed by atoms with Crippen LogP contribution in [0.2, 0.25) is 0 Å². The number of aryl methyl sites for hydroxylation is 1. The number of nitrogens with one attached hydrogen (secondary N) is 1. The minimum Gasteiger partial charge on any atom is -0.392 e. The van der Waals surface area contributed by atoms with Gasteiger partial charge in [-0.2, -0.15) is 0 Å². The summed E-state index contributed by atoms with van der Waals surface area (Å²) in [5, 5.41) is 25.4. The third-order valence-electron chi connectivity index (χ3n) is 6.88. The summed E-state index contributed by atoms with van der Waals surface area (Å²) in [6, 6.07) is -1.06. The lowest BCUT2D eigenvalue weighted by atomic mass is 9.74. The first kappa shape index (κ1) is 28.1. The Hall–Kier alpha value is -1.43. The first-order valence-corrected chi connectivity index (χ1v) is 13.0. The first-order valence-electron chi connectivity index (χ1n) is 11.7. The second-order valence-electron chi connectivity index (χ2n) is 9.98. The zero-order chi connectivity index (χ0) is 26.1. The van der Waals surface area contributed by atoms with E-state index in [1.54, 1.807) is 26.2 Å². The van der Waals surface area contributed by atoms with E-state index in [1.807, 2.05) is 0 Å². The van der Waals surface area contributed by atoms with E-state index in [-0.39, 0.29) is 19.4 Å². The molecule has 2 aliphatic heterocycles. The smallest absolute Gasteiger partial charge is 0.223 e. The van der Waals surface area contributed by atoms with Gasteiger partial charge < -0.3 is 25.0 Å². The van der Waals surface area contributed by atoms with Crippen LogP contribution in [-0.2, 0) is 19.1 Å². The Bertz CT molecular complexity index is 972. The van der Waals surface area contributed by atoms with E-state index in [0.29, 0.717) is 5.69 Å². The molecule has 1 aromatic heterocycles. The molecule has 1 amide bonds. The van der Waals surface area contributed by atoms with Crippen molar-refractivity contribution in [3.8, 4) is 0 Å². The second kappa shape index (κ2) is 10.9. The Labute approximate surface area is 213 Å². The second-order valence-corrected chi connectivity index (χ2v) is 11.7. The Morgan fingerprint density at radius 3 is 2.66 bits per heavy atom. The van der Waals surface area contributed by atoms with Crippen LogP contribution in [-0.4, -0.2) is 69.0 Å². The van der Waals surface area contributed by atoms with Crippen molar-refractivity contribution in [2.45, 2.75) is 89.4 Å². The fraction of sp³-hybridized carbons (Fsp3) is 0.708. The summed E-state index contributed by atoms with van der Waals surface area (Å²) < 4.78 is 26.6. The number of aromatic nitrogens is 1. The van der Waals surface area contributed by atoms with Crippen molar-refractivity contribution in [2.24, 2.45) is 11.3 Å². The number of aliphatic hydroxyl groups is 2. The van der Waals surface area contributed by atoms with Crippen molar-refractivity contribution in [3.05, 3.63) is 21.9 Å². The van der Waals surface area contributed by atoms with Crippen LogP contribution in [0, 0.1) is 18.3 Å². The molecular formula is C24H34ClFN2O6S. The van der Waals surface area contributed by atoms with Gasteiger partial charge in [-0.05, 0) is 19.9 Å². The van der Waals surface area contributed by atoms with Gasteiger partial charge in [-0.3, -0.25) is 9.59 Å². The number of Topliss-reactive ketones (excluding diaryl/α,β-unsaturated/α-hetero) is 1. The first-order chi connectivity index (χ1) is 16.2. The van der Waals surface area contributed by atoms with Gasteiger partial charge in [0.1, 0.15) is 17.7 Å². The zero-order valence-electron chi connectivity index (χ0n) is 20.6. The lowest BCUT2D eigenvalue weighted by Gasteiger charge is -2.34. The fourth-order valence-corrected chi connectivity index (χ4v) is 5.11. The molecule has 0 bridgehead atoms. The molecule has 0 radical (unpaired) electrons. The summed E-state index contributed by atoms with van der Waals surface area (Å²) in [6.07, 6.45) is -2.51. The molecule has 2 saturated heterocycles. The number of ether oxygens (including phenoxy) is 2. The van der Waals surface area contributed by atoms with E-state index in [2.05, 4.69) is 10.3 Å². The molecule has 0 saturated carbocycles. The minimum absolute atomic E-state index is 0.0638. The number of ketones is 1. The van der Waals surface area contributed by atoms with E-state index in [4.69, 9.17) is 21.1 Å². The average Bonchev–Trinajstić information content (AvgIpc) is 3.22. The quantitative estimate of drug-likeness (QED) is 0.395. The van der Waals surface area contributed by atoms with Crippen LogP contribution < -0.4 is 5.32 Å². The molecule has 1 aromatic rings. The molecule has 0 spiro atoms. The average molecular weight is 533 g/mol. The molecule has 3 heterocycles. The van der Waals surface area contributed by atoms with Crippen LogP contribution >= 0.6 is 22.9 Å². The highest BCUT2D eigenvalue weighted by Gasteiger charge is 2.56. The van der Waals surface area contributed by atoms with Crippen LogP contribution in [0.25, 0.3) is 6.08 Å². The number of halogens is 2. The van der Waals surface area contributed by atoms with Gasteiger partial charge in [-0.1, -0.05) is 32.4 Å². The van der Waals surface area contributed by atoms with Gasteiger partial charge in [-0.15, -0.1) is 11.3 Å². The number of carbonyl (C=O) groups excluding carboxylic acids is 2. The summed E-state index contributed by atoms with van der Waals surface area (Å²) in [5.41, 5.74) is -0.900. The standard InChI is InChI=1S/C24H34ClFN2O6S/c1-12-21(31)13(2)33-7-6-24(25)19(34-24)9-17(16(26)8-15-11-35-14(3)27-15)28-20(30)10-18(29)23(4,5)22(12)32/h8,11-13,17-19,21,29,31H,6-7,9-10H2,1-5H3,(H,28,30)/t12-,13+,17+,18+,19-,21+,24+/m1/s1. The number of alkyl halides is 1. The molecule has 3 rings (SSSR count). The summed E-state index contributed by atoms with van der Waals surface area (Å²) in [6.45, 7) is 8.21. The summed E-state index contributed by atoms with van der Waals surface area (Å²) in [4.78, 5) is 30.1. The number of nitrogens with zero attached hydrogens (tertiary/aromatic N) is 1. The van der Waals surface area contributed by atoms with E-state index in [9.17, 15) is 19.8 Å². The molecule has 0 unspecified atom stereocenters. The van der Waals surface area contributed by atoms with Crippen LogP contribution in [0.4, 0.5) is 4.39 Å². The maximum atomic E-state index is 15.3. The lowest BCUT2D eigenvalue weighted by Crippen LogP contribution is -2.48. The number of hydrogen-bond acceptors (Lipinski definition) is 8. The molecule has 2 fully saturated rings. The molecule has 0 aliphatic carbocycles. The number of hydrogen-bond donors (Lipinski definition) is 3. The monoisotopic (exact) mass is 532 g/mol. The van der Waals surface area contributed by atoms with Gasteiger partial charge >= 0.3 is 0 Å². The Balaban J connectivity index is 1.85. The summed E-state index contributed by atoms with van der Waals surface area (Å²) >= 11 is 7.89. The van der Waals surface area contributed by atoms with E-state index < -0.39 is 70.8 Å². The van der Waals surface area contributed by atoms with E-state index in [0.717, 1.165) is 5.01 Å². The van der Waals surface area contributed by atoms with Gasteiger partial charge in [0.05, 0.1) is 53.5 Å². The van der Waals surface area contributed by atoms with Crippen molar-refractivity contribution in [1.82, 2.24) is 10.3 Å². The number of thiazole rings is 1. The maximum Gasteiger partial charge on any atom is 0.223 e. The Kier molecular flexibility index (Phi) is 8.77. The largest absolute Gasteiger partial charge is 0.392 e. The topological polar surface area (TPSA) is 121 Å². The molecule has 3 N–H and O–H groups in total. The highest BCUT2D eigenvalue weighted by Crippen LogP contribution is 2.47. The normalized spacial score (nSPS) is 37.5. The van der Waals surface area contributed by atoms with E-state index >= 15 is 4.39 Å². The van der Waals surface area contributed by atoms with Gasteiger partial charge in [-0.25, -0.2) is 9.37 Å². The number of aliphatic hydroxyl groups excluding tert-OH is 2. The summed E-state index contributed by atoms with van der Waals surface area (Å²) in [5.74, 6) is -2.51. The maximum absolute atomic E-state index is 15.3. The van der Waals surface area contributed by atoms with Crippen molar-refractivity contribution in [2.75, 3.05) is 6.61 Å². The van der Waals surface area contributed by atoms with Crippen LogP contribution in [0.3, 0.4) is 0 Å². The highest BCUT2D eigenvalue weighted by atomic mass is 35.5. The number of amides is 1. The number of fused-ring (bicyclic) bond motifs is 1. The molecule has 0 aromatic carbocycles. The van der Waals surface area contributed by atoms with Gasteiger partial charge in [0, 0.05) is 24.1 Å². The van der Waals surface area contributed by atoms with Crippen molar-refractivity contribution in [1.29, 1.82) is 0 Å². The molecule has 196 valence electrons. The molecular weight excluding hydrogens is 499 g/mol. The SMILES string of the molecule is Cc1nc(C=C(F)[C@@H]2C[C@H]3O[C@@]3(Cl)CCO[C@@H](C)[C@@H](O)[C@@H](C)C(=O)C(C)(C)[C@@H](O)CC(=O)N2)cs1. The van der Waals surface area contributed by atoms with Crippen molar-refractivity contribution >= 4 is 40.7 Å². The third-order valence-corrected chi connectivity index (χ3v) is 8.19. The highest BCUT2D eigenvalue weighted by molar-refractivity contribution is 7.09.